The molecular weight excluding hydrogens is 352 g/mol. The van der Waals surface area contributed by atoms with Gasteiger partial charge >= 0.3 is 0 Å². The smallest absolute Gasteiger partial charge is 0.236 e. The summed E-state index contributed by atoms with van der Waals surface area (Å²) in [6.07, 6.45) is 2.77. The molecule has 3 rings (SSSR count). The zero-order valence-corrected chi connectivity index (χ0v) is 16.0. The van der Waals surface area contributed by atoms with Crippen LogP contribution in [0, 0.1) is 5.92 Å². The lowest BCUT2D eigenvalue weighted by atomic mass is 10.1. The Kier molecular flexibility index (Phi) is 6.25. The van der Waals surface area contributed by atoms with E-state index in [1.54, 1.807) is 24.6 Å². The topological polar surface area (TPSA) is 62.5 Å². The summed E-state index contributed by atoms with van der Waals surface area (Å²) in [5.74, 6) is 1.98. The van der Waals surface area contributed by atoms with Gasteiger partial charge in [-0.2, -0.15) is 0 Å². The van der Waals surface area contributed by atoms with Crippen molar-refractivity contribution in [3.63, 3.8) is 0 Å². The van der Waals surface area contributed by atoms with Gasteiger partial charge in [-0.15, -0.1) is 22.7 Å². The second kappa shape index (κ2) is 8.82. The van der Waals surface area contributed by atoms with E-state index < -0.39 is 0 Å². The number of aromatic nitrogens is 1. The summed E-state index contributed by atoms with van der Waals surface area (Å²) in [5.41, 5.74) is 0.859. The van der Waals surface area contributed by atoms with Gasteiger partial charge in [0, 0.05) is 18.5 Å². The Balaban J connectivity index is 1.45. The molecule has 25 heavy (non-hydrogen) atoms. The van der Waals surface area contributed by atoms with Gasteiger partial charge < -0.3 is 15.1 Å². The Morgan fingerprint density at radius 3 is 2.80 bits per heavy atom. The van der Waals surface area contributed by atoms with Crippen molar-refractivity contribution >= 4 is 28.6 Å². The third-order valence-corrected chi connectivity index (χ3v) is 5.45. The van der Waals surface area contributed by atoms with Crippen molar-refractivity contribution < 1.29 is 4.42 Å². The molecular formula is C18H22N4OS2. The molecule has 5 nitrogen and oxygen atoms in total. The molecule has 0 aliphatic heterocycles. The van der Waals surface area contributed by atoms with Crippen molar-refractivity contribution in [3.8, 4) is 10.8 Å². The van der Waals surface area contributed by atoms with Gasteiger partial charge in [-0.05, 0) is 35.2 Å². The number of nitrogens with one attached hydrogen (secondary N) is 2. The Labute approximate surface area is 155 Å². The number of aliphatic imine (C=N–C) groups is 1. The number of hydrogen-bond acceptors (Lipinski definition) is 5. The molecule has 1 atom stereocenters. The summed E-state index contributed by atoms with van der Waals surface area (Å²) in [7, 11) is 1.78. The molecule has 0 saturated carbocycles. The van der Waals surface area contributed by atoms with Crippen molar-refractivity contribution in [2.45, 2.75) is 19.9 Å². The summed E-state index contributed by atoms with van der Waals surface area (Å²) in [6, 6.07) is 8.28. The first-order valence-corrected chi connectivity index (χ1v) is 9.95. The van der Waals surface area contributed by atoms with Crippen molar-refractivity contribution in [3.05, 3.63) is 51.9 Å². The number of rotatable bonds is 7. The van der Waals surface area contributed by atoms with Crippen LogP contribution >= 0.6 is 22.7 Å². The number of oxazole rings is 1. The molecule has 0 aliphatic rings. The molecule has 0 amide bonds. The highest BCUT2D eigenvalue weighted by Gasteiger charge is 2.09. The van der Waals surface area contributed by atoms with Crippen molar-refractivity contribution in [1.82, 2.24) is 15.6 Å². The van der Waals surface area contributed by atoms with Gasteiger partial charge in [-0.25, -0.2) is 4.98 Å². The Morgan fingerprint density at radius 2 is 2.08 bits per heavy atom. The van der Waals surface area contributed by atoms with E-state index >= 15 is 0 Å². The molecule has 0 radical (unpaired) electrons. The molecule has 0 bridgehead atoms. The van der Waals surface area contributed by atoms with Crippen LogP contribution in [0.25, 0.3) is 10.8 Å². The van der Waals surface area contributed by atoms with Gasteiger partial charge in [0.2, 0.25) is 5.89 Å². The van der Waals surface area contributed by atoms with Gasteiger partial charge in [0.25, 0.3) is 0 Å². The van der Waals surface area contributed by atoms with Crippen LogP contribution in [-0.2, 0) is 13.0 Å². The third-order valence-electron chi connectivity index (χ3n) is 3.69. The minimum absolute atomic E-state index is 0.537. The average molecular weight is 375 g/mol. The quantitative estimate of drug-likeness (QED) is 0.484. The van der Waals surface area contributed by atoms with E-state index in [0.29, 0.717) is 18.4 Å². The third kappa shape index (κ3) is 5.17. The fourth-order valence-corrected chi connectivity index (χ4v) is 3.94. The lowest BCUT2D eigenvalue weighted by molar-refractivity contribution is 0.561. The van der Waals surface area contributed by atoms with Crippen LogP contribution in [0.4, 0.5) is 0 Å². The second-order valence-electron chi connectivity index (χ2n) is 5.82. The van der Waals surface area contributed by atoms with Crippen LogP contribution in [0.2, 0.25) is 0 Å². The van der Waals surface area contributed by atoms with Gasteiger partial charge in [0.15, 0.2) is 5.96 Å². The van der Waals surface area contributed by atoms with Crippen molar-refractivity contribution in [1.29, 1.82) is 0 Å². The Bertz CT molecular complexity index is 778. The van der Waals surface area contributed by atoms with Crippen LogP contribution in [0.3, 0.4) is 0 Å². The van der Waals surface area contributed by atoms with Crippen LogP contribution in [-0.4, -0.2) is 24.5 Å². The molecule has 0 spiro atoms. The first-order valence-electron chi connectivity index (χ1n) is 8.19. The van der Waals surface area contributed by atoms with E-state index in [9.17, 15) is 0 Å². The summed E-state index contributed by atoms with van der Waals surface area (Å²) in [5, 5.41) is 10.8. The Hall–Kier alpha value is -2.12. The highest BCUT2D eigenvalue weighted by atomic mass is 32.1. The minimum atomic E-state index is 0.537. The average Bonchev–Trinajstić information content (AvgIpc) is 3.37. The maximum atomic E-state index is 5.53. The van der Waals surface area contributed by atoms with Crippen LogP contribution in [0.1, 0.15) is 17.5 Å². The fraction of sp³-hybridized carbons (Fsp3) is 0.333. The van der Waals surface area contributed by atoms with E-state index in [-0.39, 0.29) is 0 Å². The monoisotopic (exact) mass is 374 g/mol. The molecule has 132 valence electrons. The van der Waals surface area contributed by atoms with E-state index in [1.165, 1.54) is 4.88 Å². The predicted octanol–water partition coefficient (Wildman–Crippen LogP) is 4.01. The molecule has 0 saturated heterocycles. The maximum Gasteiger partial charge on any atom is 0.236 e. The highest BCUT2D eigenvalue weighted by Crippen LogP contribution is 2.23. The number of hydrogen-bond donors (Lipinski definition) is 2. The molecule has 3 aromatic rings. The standard InChI is InChI=1S/C18H22N4OS2/c1-13(9-15-5-3-7-24-15)10-20-18(19-2)21-11-14-12-23-17(22-14)16-6-4-8-25-16/h3-8,12-13H,9-11H2,1-2H3,(H2,19,20,21). The molecule has 3 heterocycles. The zero-order chi connectivity index (χ0) is 17.5. The summed E-state index contributed by atoms with van der Waals surface area (Å²) in [6.45, 7) is 3.69. The second-order valence-corrected chi connectivity index (χ2v) is 7.80. The summed E-state index contributed by atoms with van der Waals surface area (Å²) in [4.78, 5) is 11.2. The van der Waals surface area contributed by atoms with E-state index in [4.69, 9.17) is 4.42 Å². The van der Waals surface area contributed by atoms with E-state index in [0.717, 1.165) is 29.5 Å². The van der Waals surface area contributed by atoms with Gasteiger partial charge in [-0.1, -0.05) is 19.1 Å². The molecule has 0 fully saturated rings. The molecule has 1 unspecified atom stereocenters. The molecule has 7 heteroatoms. The fourth-order valence-electron chi connectivity index (χ4n) is 2.41. The van der Waals surface area contributed by atoms with E-state index in [2.05, 4.69) is 45.0 Å². The number of thiophene rings is 2. The molecule has 0 aromatic carbocycles. The van der Waals surface area contributed by atoms with Crippen molar-refractivity contribution in [2.75, 3.05) is 13.6 Å². The SMILES string of the molecule is CN=C(NCc1coc(-c2cccs2)n1)NCC(C)Cc1cccs1. The molecule has 3 aromatic heterocycles. The summed E-state index contributed by atoms with van der Waals surface area (Å²) >= 11 is 3.43. The maximum absolute atomic E-state index is 5.53. The lowest BCUT2D eigenvalue weighted by Gasteiger charge is -2.15. The van der Waals surface area contributed by atoms with Crippen molar-refractivity contribution in [2.24, 2.45) is 10.9 Å². The van der Waals surface area contributed by atoms with E-state index in [1.807, 2.05) is 28.8 Å². The van der Waals surface area contributed by atoms with Crippen LogP contribution in [0.15, 0.2) is 50.7 Å². The van der Waals surface area contributed by atoms with Gasteiger partial charge in [0.1, 0.15) is 6.26 Å². The highest BCUT2D eigenvalue weighted by molar-refractivity contribution is 7.13. The van der Waals surface area contributed by atoms with Gasteiger partial charge in [0.05, 0.1) is 17.1 Å². The molecule has 2 N–H and O–H groups in total. The predicted molar refractivity (Wildman–Crippen MR) is 105 cm³/mol. The van der Waals surface area contributed by atoms with Crippen LogP contribution in [0.5, 0.6) is 0 Å². The number of nitrogens with zero attached hydrogens (tertiary/aromatic N) is 2. The molecule has 0 aliphatic carbocycles. The Morgan fingerprint density at radius 1 is 1.24 bits per heavy atom. The van der Waals surface area contributed by atoms with Crippen LogP contribution < -0.4 is 10.6 Å². The summed E-state index contributed by atoms with van der Waals surface area (Å²) < 4.78 is 5.53. The zero-order valence-electron chi connectivity index (χ0n) is 14.4. The number of guanidine groups is 1. The first-order chi connectivity index (χ1) is 12.2. The largest absolute Gasteiger partial charge is 0.443 e. The lowest BCUT2D eigenvalue weighted by Crippen LogP contribution is -2.39. The normalized spacial score (nSPS) is 13.0. The first kappa shape index (κ1) is 17.7. The van der Waals surface area contributed by atoms with Gasteiger partial charge in [-0.3, -0.25) is 4.99 Å². The minimum Gasteiger partial charge on any atom is -0.443 e.